The van der Waals surface area contributed by atoms with Gasteiger partial charge in [-0.1, -0.05) is 0 Å². The first-order valence-corrected chi connectivity index (χ1v) is 6.80. The largest absolute Gasteiger partial charge is 0.627 e. The number of ether oxygens (including phenoxy) is 1. The second kappa shape index (κ2) is 7.46. The highest BCUT2D eigenvalue weighted by Crippen LogP contribution is 2.13. The maximum absolute atomic E-state index is 11.9. The van der Waals surface area contributed by atoms with Crippen molar-refractivity contribution in [2.75, 3.05) is 6.61 Å². The molecule has 0 fully saturated rings. The first-order chi connectivity index (χ1) is 9.31. The summed E-state index contributed by atoms with van der Waals surface area (Å²) in [5.74, 6) is 0. The van der Waals surface area contributed by atoms with Crippen molar-refractivity contribution in [1.29, 1.82) is 0 Å². The summed E-state index contributed by atoms with van der Waals surface area (Å²) in [5.41, 5.74) is 4.79. The number of rotatable bonds is 9. The van der Waals surface area contributed by atoms with E-state index in [2.05, 4.69) is 13.2 Å². The number of nitrogens with one attached hydrogen (secondary N) is 2. The van der Waals surface area contributed by atoms with Gasteiger partial charge >= 0.3 is 0 Å². The smallest absolute Gasteiger partial charge is 0.200 e. The fourth-order valence-corrected chi connectivity index (χ4v) is 1.48. The summed E-state index contributed by atoms with van der Waals surface area (Å²) in [5, 5.41) is 22.8. The lowest BCUT2D eigenvalue weighted by atomic mass is 10.0. The van der Waals surface area contributed by atoms with Crippen LogP contribution in [0.2, 0.25) is 0 Å². The Kier molecular flexibility index (Phi) is 7.17. The molecule has 21 heavy (non-hydrogen) atoms. The molecule has 0 amide bonds. The van der Waals surface area contributed by atoms with Gasteiger partial charge in [-0.25, -0.2) is 0 Å². The summed E-state index contributed by atoms with van der Waals surface area (Å²) in [6.07, 6.45) is 0. The minimum Gasteiger partial charge on any atom is -0.627 e. The van der Waals surface area contributed by atoms with Crippen LogP contribution in [0.5, 0.6) is 0 Å². The van der Waals surface area contributed by atoms with Crippen LogP contribution in [0.15, 0.2) is 24.6 Å². The topological polar surface area (TPSA) is 99.5 Å². The fraction of sp³-hybridized carbons (Fsp3) is 0.714. The molecule has 0 saturated heterocycles. The van der Waals surface area contributed by atoms with Gasteiger partial charge in [0.2, 0.25) is 0 Å². The van der Waals surface area contributed by atoms with E-state index in [-0.39, 0.29) is 11.7 Å². The molecule has 124 valence electrons. The monoisotopic (exact) mass is 303 g/mol. The zero-order chi connectivity index (χ0) is 17.0. The Morgan fingerprint density at radius 3 is 2.00 bits per heavy atom. The Labute approximate surface area is 127 Å². The lowest BCUT2D eigenvalue weighted by molar-refractivity contribution is -1.03. The van der Waals surface area contributed by atoms with Gasteiger partial charge in [-0.15, -0.1) is 0 Å². The van der Waals surface area contributed by atoms with Crippen LogP contribution < -0.4 is 16.0 Å². The predicted octanol–water partition coefficient (Wildman–Crippen LogP) is -0.391. The van der Waals surface area contributed by atoms with Crippen LogP contribution in [0, 0.1) is 10.4 Å². The van der Waals surface area contributed by atoms with E-state index in [1.165, 1.54) is 0 Å². The number of quaternary nitrogens is 2. The summed E-state index contributed by atoms with van der Waals surface area (Å²) >= 11 is 0. The van der Waals surface area contributed by atoms with Crippen LogP contribution in [0.1, 0.15) is 41.5 Å². The van der Waals surface area contributed by atoms with E-state index in [4.69, 9.17) is 15.3 Å². The predicted molar refractivity (Wildman–Crippen MR) is 81.5 cm³/mol. The van der Waals surface area contributed by atoms with Crippen molar-refractivity contribution >= 4 is 0 Å². The number of hydroxylamine groups is 4. The van der Waals surface area contributed by atoms with Crippen LogP contribution in [0.3, 0.4) is 0 Å². The first-order valence-electron chi connectivity index (χ1n) is 6.80. The van der Waals surface area contributed by atoms with Crippen molar-refractivity contribution in [3.8, 4) is 0 Å². The molecule has 0 radical (unpaired) electrons. The van der Waals surface area contributed by atoms with Gasteiger partial charge in [0.1, 0.15) is 11.3 Å². The molecule has 0 heterocycles. The molecular formula is C14H29N3O4. The van der Waals surface area contributed by atoms with Gasteiger partial charge in [-0.05, 0) is 27.0 Å². The minimum absolute atomic E-state index is 0.0719. The highest BCUT2D eigenvalue weighted by molar-refractivity contribution is 4.83. The van der Waals surface area contributed by atoms with E-state index in [9.17, 15) is 10.4 Å². The molecule has 0 aliphatic heterocycles. The zero-order valence-electron chi connectivity index (χ0n) is 13.9. The molecule has 0 aromatic heterocycles. The molecule has 0 aromatic rings. The van der Waals surface area contributed by atoms with Crippen LogP contribution in [0.25, 0.3) is 0 Å². The maximum Gasteiger partial charge on any atom is 0.200 e. The number of allylic oxidation sites excluding steroid dienone is 2. The van der Waals surface area contributed by atoms with Crippen molar-refractivity contribution in [2.45, 2.75) is 58.9 Å². The maximum atomic E-state index is 11.9. The Morgan fingerprint density at radius 2 is 1.62 bits per heavy atom. The highest BCUT2D eigenvalue weighted by atomic mass is 16.9. The van der Waals surface area contributed by atoms with Crippen molar-refractivity contribution in [3.63, 3.8) is 0 Å². The van der Waals surface area contributed by atoms with Crippen molar-refractivity contribution in [1.82, 2.24) is 0 Å². The Balaban J connectivity index is 4.64. The lowest BCUT2D eigenvalue weighted by Gasteiger charge is -2.40. The van der Waals surface area contributed by atoms with E-state index in [1.807, 2.05) is 0 Å². The second-order valence-electron chi connectivity index (χ2n) is 6.31. The van der Waals surface area contributed by atoms with E-state index in [0.29, 0.717) is 11.4 Å². The van der Waals surface area contributed by atoms with Gasteiger partial charge in [-0.2, -0.15) is 10.1 Å². The lowest BCUT2D eigenvalue weighted by Crippen LogP contribution is -3.13. The van der Waals surface area contributed by atoms with Gasteiger partial charge in [0, 0.05) is 27.7 Å². The Morgan fingerprint density at radius 1 is 1.14 bits per heavy atom. The Bertz CT molecular complexity index is 382. The molecule has 0 aliphatic carbocycles. The number of hydrogen-bond donors (Lipinski definition) is 3. The van der Waals surface area contributed by atoms with Crippen molar-refractivity contribution < 1.29 is 19.9 Å². The van der Waals surface area contributed by atoms with Crippen molar-refractivity contribution in [3.05, 3.63) is 35.0 Å². The summed E-state index contributed by atoms with van der Waals surface area (Å²) in [6, 6.07) is -0.585. The molecule has 3 unspecified atom stereocenters. The third kappa shape index (κ3) is 6.23. The van der Waals surface area contributed by atoms with Crippen molar-refractivity contribution in [2.24, 2.45) is 5.73 Å². The third-order valence-electron chi connectivity index (χ3n) is 3.16. The third-order valence-corrected chi connectivity index (χ3v) is 3.16. The molecule has 0 aromatic carbocycles. The van der Waals surface area contributed by atoms with Crippen LogP contribution in [0.4, 0.5) is 0 Å². The van der Waals surface area contributed by atoms with E-state index in [0.717, 1.165) is 0 Å². The van der Waals surface area contributed by atoms with Gasteiger partial charge in [0.15, 0.2) is 5.72 Å². The first kappa shape index (κ1) is 20.2. The summed E-state index contributed by atoms with van der Waals surface area (Å²) in [7, 11) is 0. The SMILES string of the molecule is C=C(C)[NH+]([O-])OC(C)(C)C(N)COC(C)(C)[NH+]([O-])C(=C)C. The standard InChI is InChI=1S/C14H29N3O4/c1-10(2)16(18)14(7,8)20-9-12(15)13(5,6)21-17(19)11(3)4/h12,16-17H,1,3,9,15H2,2,4-8H3. The molecule has 7 nitrogen and oxygen atoms in total. The molecule has 0 spiro atoms. The normalized spacial score (nSPS) is 17.2. The fourth-order valence-electron chi connectivity index (χ4n) is 1.48. The highest BCUT2D eigenvalue weighted by Gasteiger charge is 2.35. The van der Waals surface area contributed by atoms with E-state index in [1.54, 1.807) is 41.5 Å². The van der Waals surface area contributed by atoms with Gasteiger partial charge in [0.25, 0.3) is 0 Å². The van der Waals surface area contributed by atoms with Crippen LogP contribution >= 0.6 is 0 Å². The molecule has 3 atom stereocenters. The molecule has 0 aliphatic rings. The van der Waals surface area contributed by atoms with Gasteiger partial charge in [-0.3, -0.25) is 0 Å². The summed E-state index contributed by atoms with van der Waals surface area (Å²) in [6.45, 7) is 17.1. The molecular weight excluding hydrogens is 274 g/mol. The minimum atomic E-state index is -1.02. The number of hydrogen-bond acceptors (Lipinski definition) is 5. The molecule has 0 rings (SSSR count). The van der Waals surface area contributed by atoms with Gasteiger partial charge < -0.3 is 25.9 Å². The van der Waals surface area contributed by atoms with E-state index >= 15 is 0 Å². The second-order valence-corrected chi connectivity index (χ2v) is 6.31. The molecule has 0 bridgehead atoms. The summed E-state index contributed by atoms with van der Waals surface area (Å²) in [4.78, 5) is 5.29. The van der Waals surface area contributed by atoms with Gasteiger partial charge in [0.05, 0.1) is 18.3 Å². The van der Waals surface area contributed by atoms with Crippen LogP contribution in [-0.4, -0.2) is 24.0 Å². The number of nitrogens with two attached hydrogens (primary N) is 1. The average Bonchev–Trinajstić information content (AvgIpc) is 2.33. The average molecular weight is 303 g/mol. The van der Waals surface area contributed by atoms with E-state index < -0.39 is 22.6 Å². The molecule has 7 heteroatoms. The zero-order valence-corrected chi connectivity index (χ0v) is 13.9. The summed E-state index contributed by atoms with van der Waals surface area (Å²) < 4.78 is 5.59. The Hall–Kier alpha value is -0.800. The quantitative estimate of drug-likeness (QED) is 0.398. The van der Waals surface area contributed by atoms with Crippen LogP contribution in [-0.2, 0) is 9.57 Å². The molecule has 0 saturated carbocycles. The molecule has 4 N–H and O–H groups in total.